The molecule has 1 N–H and O–H groups in total. The van der Waals surface area contributed by atoms with Crippen LogP contribution in [0.2, 0.25) is 0 Å². The van der Waals surface area contributed by atoms with Gasteiger partial charge in [0.15, 0.2) is 11.5 Å². The highest BCUT2D eigenvalue weighted by molar-refractivity contribution is 7.92. The van der Waals surface area contributed by atoms with Gasteiger partial charge in [-0.05, 0) is 48.6 Å². The number of sulfonamides is 1. The molecule has 1 aliphatic rings. The summed E-state index contributed by atoms with van der Waals surface area (Å²) in [4.78, 5) is 29.5. The first-order valence-electron chi connectivity index (χ1n) is 14.1. The summed E-state index contributed by atoms with van der Waals surface area (Å²) in [6.45, 7) is 7.62. The number of rotatable bonds is 13. The summed E-state index contributed by atoms with van der Waals surface area (Å²) in [6.07, 6.45) is 0.271. The highest BCUT2D eigenvalue weighted by Crippen LogP contribution is 2.36. The summed E-state index contributed by atoms with van der Waals surface area (Å²) in [6, 6.07) is 21.1. The largest absolute Gasteiger partial charge is 0.454 e. The molecule has 2 amide bonds. The van der Waals surface area contributed by atoms with Gasteiger partial charge in [0, 0.05) is 25.6 Å². The first-order chi connectivity index (χ1) is 20.1. The summed E-state index contributed by atoms with van der Waals surface area (Å²) >= 11 is 0. The second-order valence-corrected chi connectivity index (χ2v) is 12.9. The van der Waals surface area contributed by atoms with Crippen LogP contribution in [0.15, 0.2) is 72.8 Å². The zero-order valence-electron chi connectivity index (χ0n) is 24.6. The molecule has 0 radical (unpaired) electrons. The summed E-state index contributed by atoms with van der Waals surface area (Å²) in [5, 5.41) is 3.00. The van der Waals surface area contributed by atoms with E-state index in [4.69, 9.17) is 9.47 Å². The fourth-order valence-corrected chi connectivity index (χ4v) is 5.76. The van der Waals surface area contributed by atoms with Gasteiger partial charge in [-0.1, -0.05) is 68.4 Å². The normalized spacial score (nSPS) is 13.1. The van der Waals surface area contributed by atoms with Crippen molar-refractivity contribution in [1.29, 1.82) is 0 Å². The quantitative estimate of drug-likeness (QED) is 0.317. The molecule has 3 aromatic carbocycles. The van der Waals surface area contributed by atoms with Crippen LogP contribution in [0.25, 0.3) is 0 Å². The maximum atomic E-state index is 14.3. The van der Waals surface area contributed by atoms with E-state index in [0.29, 0.717) is 18.0 Å². The zero-order valence-corrected chi connectivity index (χ0v) is 25.4. The predicted molar refractivity (Wildman–Crippen MR) is 163 cm³/mol. The van der Waals surface area contributed by atoms with Gasteiger partial charge in [0.1, 0.15) is 12.6 Å². The number of anilines is 1. The van der Waals surface area contributed by atoms with Crippen LogP contribution in [0.1, 0.15) is 37.5 Å². The monoisotopic (exact) mass is 593 g/mol. The minimum absolute atomic E-state index is 0.0368. The van der Waals surface area contributed by atoms with Gasteiger partial charge in [-0.3, -0.25) is 13.9 Å². The Bertz CT molecular complexity index is 1490. The van der Waals surface area contributed by atoms with E-state index in [2.05, 4.69) is 5.32 Å². The predicted octanol–water partition coefficient (Wildman–Crippen LogP) is 4.29. The molecule has 42 heavy (non-hydrogen) atoms. The van der Waals surface area contributed by atoms with Crippen molar-refractivity contribution in [2.24, 2.45) is 5.92 Å². The molecule has 4 rings (SSSR count). The van der Waals surface area contributed by atoms with Crippen molar-refractivity contribution in [3.05, 3.63) is 89.5 Å². The average Bonchev–Trinajstić information content (AvgIpc) is 3.45. The number of carbonyl (C=O) groups is 2. The maximum Gasteiger partial charge on any atom is 0.244 e. The van der Waals surface area contributed by atoms with Gasteiger partial charge in [0.25, 0.3) is 0 Å². The van der Waals surface area contributed by atoms with Crippen LogP contribution in [0.4, 0.5) is 5.69 Å². The number of amides is 2. The minimum atomic E-state index is -3.88. The van der Waals surface area contributed by atoms with Crippen molar-refractivity contribution in [2.45, 2.75) is 46.7 Å². The molecule has 0 spiro atoms. The molecule has 0 aliphatic carbocycles. The van der Waals surface area contributed by atoms with Crippen molar-refractivity contribution in [3.63, 3.8) is 0 Å². The standard InChI is InChI=1S/C32H39N3O6S/c1-5-42(38,39)35(27-15-16-29-30(18-27)41-22-40-29)21-31(36)34(20-26-14-10-9-11-24(26)4)28(32(37)33-19-23(2)3)17-25-12-7-6-8-13-25/h6-16,18,23,28H,5,17,19-22H2,1-4H3,(H,33,37)/t28-/m1/s1. The van der Waals surface area contributed by atoms with Crippen molar-refractivity contribution < 1.29 is 27.5 Å². The molecule has 0 fully saturated rings. The number of fused-ring (bicyclic) bond motifs is 1. The lowest BCUT2D eigenvalue weighted by Gasteiger charge is -2.34. The second kappa shape index (κ2) is 13.7. The molecular formula is C32H39N3O6S. The molecule has 224 valence electrons. The summed E-state index contributed by atoms with van der Waals surface area (Å²) in [5.74, 6) is 0.126. The fraction of sp³-hybridized carbons (Fsp3) is 0.375. The van der Waals surface area contributed by atoms with Crippen LogP contribution in [-0.2, 0) is 32.6 Å². The van der Waals surface area contributed by atoms with E-state index in [1.165, 1.54) is 11.8 Å². The molecule has 1 atom stereocenters. The van der Waals surface area contributed by atoms with Gasteiger partial charge in [0.05, 0.1) is 11.4 Å². The number of ether oxygens (including phenoxy) is 2. The molecular weight excluding hydrogens is 554 g/mol. The summed E-state index contributed by atoms with van der Waals surface area (Å²) in [7, 11) is -3.88. The number of hydrogen-bond acceptors (Lipinski definition) is 6. The van der Waals surface area contributed by atoms with Crippen LogP contribution >= 0.6 is 0 Å². The van der Waals surface area contributed by atoms with Crippen LogP contribution in [0, 0.1) is 12.8 Å². The lowest BCUT2D eigenvalue weighted by Crippen LogP contribution is -2.54. The molecule has 0 saturated heterocycles. The second-order valence-electron chi connectivity index (χ2n) is 10.7. The van der Waals surface area contributed by atoms with E-state index in [9.17, 15) is 18.0 Å². The van der Waals surface area contributed by atoms with Gasteiger partial charge in [0.2, 0.25) is 28.6 Å². The Morgan fingerprint density at radius 2 is 1.64 bits per heavy atom. The van der Waals surface area contributed by atoms with Gasteiger partial charge in [-0.15, -0.1) is 0 Å². The summed E-state index contributed by atoms with van der Waals surface area (Å²) < 4.78 is 38.6. The van der Waals surface area contributed by atoms with Crippen molar-refractivity contribution in [2.75, 3.05) is 29.9 Å². The number of aryl methyl sites for hydroxylation is 1. The van der Waals surface area contributed by atoms with E-state index < -0.39 is 28.5 Å². The number of carbonyl (C=O) groups excluding carboxylic acids is 2. The molecule has 9 nitrogen and oxygen atoms in total. The van der Waals surface area contributed by atoms with Crippen LogP contribution in [-0.4, -0.2) is 56.8 Å². The lowest BCUT2D eigenvalue weighted by atomic mass is 10.0. The Kier molecular flexibility index (Phi) is 10.1. The van der Waals surface area contributed by atoms with Gasteiger partial charge in [-0.25, -0.2) is 8.42 Å². The molecule has 0 aromatic heterocycles. The third kappa shape index (κ3) is 7.61. The number of nitrogens with one attached hydrogen (secondary N) is 1. The minimum Gasteiger partial charge on any atom is -0.454 e. The molecule has 3 aromatic rings. The third-order valence-electron chi connectivity index (χ3n) is 7.18. The SMILES string of the molecule is CCS(=O)(=O)N(CC(=O)N(Cc1ccccc1C)[C@H](Cc1ccccc1)C(=O)NCC(C)C)c1ccc2c(c1)OCO2. The van der Waals surface area contributed by atoms with E-state index in [1.807, 2.05) is 75.4 Å². The first kappa shape index (κ1) is 30.9. The molecule has 0 saturated carbocycles. The van der Waals surface area contributed by atoms with Crippen molar-refractivity contribution in [3.8, 4) is 11.5 Å². The number of nitrogens with zero attached hydrogens (tertiary/aromatic N) is 2. The van der Waals surface area contributed by atoms with Crippen molar-refractivity contribution in [1.82, 2.24) is 10.2 Å². The van der Waals surface area contributed by atoms with E-state index in [-0.39, 0.29) is 43.0 Å². The number of hydrogen-bond donors (Lipinski definition) is 1. The highest BCUT2D eigenvalue weighted by atomic mass is 32.2. The molecule has 0 bridgehead atoms. The summed E-state index contributed by atoms with van der Waals surface area (Å²) in [5.41, 5.74) is 3.01. The van der Waals surface area contributed by atoms with E-state index >= 15 is 0 Å². The Labute approximate surface area is 248 Å². The molecule has 10 heteroatoms. The van der Waals surface area contributed by atoms with Crippen molar-refractivity contribution >= 4 is 27.5 Å². The maximum absolute atomic E-state index is 14.3. The average molecular weight is 594 g/mol. The lowest BCUT2D eigenvalue weighted by molar-refractivity contribution is -0.140. The first-order valence-corrected chi connectivity index (χ1v) is 15.8. The Hall–Kier alpha value is -4.05. The fourth-order valence-electron chi connectivity index (χ4n) is 4.71. The topological polar surface area (TPSA) is 105 Å². The zero-order chi connectivity index (χ0) is 30.3. The molecule has 1 heterocycles. The van der Waals surface area contributed by atoms with Gasteiger partial charge in [-0.2, -0.15) is 0 Å². The van der Waals surface area contributed by atoms with Crippen LogP contribution in [0.5, 0.6) is 11.5 Å². The molecule has 1 aliphatic heterocycles. The Morgan fingerprint density at radius 1 is 0.952 bits per heavy atom. The van der Waals surface area contributed by atoms with Crippen LogP contribution in [0.3, 0.4) is 0 Å². The van der Waals surface area contributed by atoms with E-state index in [0.717, 1.165) is 21.0 Å². The van der Waals surface area contributed by atoms with Crippen LogP contribution < -0.4 is 19.1 Å². The molecule has 0 unspecified atom stereocenters. The number of benzene rings is 3. The van der Waals surface area contributed by atoms with Gasteiger partial charge < -0.3 is 19.7 Å². The highest BCUT2D eigenvalue weighted by Gasteiger charge is 2.34. The Morgan fingerprint density at radius 3 is 2.33 bits per heavy atom. The van der Waals surface area contributed by atoms with Gasteiger partial charge >= 0.3 is 0 Å². The van der Waals surface area contributed by atoms with E-state index in [1.54, 1.807) is 18.2 Å². The Balaban J connectivity index is 1.75. The third-order valence-corrected chi connectivity index (χ3v) is 8.92. The smallest absolute Gasteiger partial charge is 0.244 e.